The van der Waals surface area contributed by atoms with Crippen molar-refractivity contribution in [1.82, 2.24) is 0 Å². The van der Waals surface area contributed by atoms with Crippen LogP contribution in [0, 0.1) is 11.8 Å². The van der Waals surface area contributed by atoms with Crippen molar-refractivity contribution in [3.05, 3.63) is 35.4 Å². The Balaban J connectivity index is 2.51. The van der Waals surface area contributed by atoms with Crippen LogP contribution in [0.1, 0.15) is 55.5 Å². The highest BCUT2D eigenvalue weighted by atomic mass is 16.1. The lowest BCUT2D eigenvalue weighted by Gasteiger charge is -1.94. The number of Topliss-reactive ketones (excluding diaryl/α,β-unsaturated/α-hetero) is 1. The smallest absolute Gasteiger partial charge is 0.159 e. The van der Waals surface area contributed by atoms with Crippen molar-refractivity contribution in [1.29, 1.82) is 0 Å². The van der Waals surface area contributed by atoms with Gasteiger partial charge >= 0.3 is 0 Å². The highest BCUT2D eigenvalue weighted by Gasteiger charge is 1.96. The van der Waals surface area contributed by atoms with Gasteiger partial charge in [-0.05, 0) is 25.5 Å². The van der Waals surface area contributed by atoms with Crippen molar-refractivity contribution in [3.8, 4) is 11.8 Å². The third-order valence-corrected chi connectivity index (χ3v) is 2.43. The summed E-state index contributed by atoms with van der Waals surface area (Å²) in [6.45, 7) is 3.76. The molecule has 0 spiro atoms. The van der Waals surface area contributed by atoms with Gasteiger partial charge in [0.05, 0.1) is 0 Å². The van der Waals surface area contributed by atoms with E-state index in [0.29, 0.717) is 0 Å². The average molecular weight is 214 g/mol. The first-order chi connectivity index (χ1) is 7.74. The summed E-state index contributed by atoms with van der Waals surface area (Å²) >= 11 is 0. The maximum atomic E-state index is 11.1. The molecule has 1 heteroatoms. The Morgan fingerprint density at radius 3 is 2.44 bits per heavy atom. The number of carbonyl (C=O) groups excluding carboxylic acids is 1. The van der Waals surface area contributed by atoms with E-state index >= 15 is 0 Å². The molecule has 0 saturated carbocycles. The van der Waals surface area contributed by atoms with Crippen LogP contribution in [0.15, 0.2) is 24.3 Å². The van der Waals surface area contributed by atoms with E-state index in [2.05, 4.69) is 18.8 Å². The molecule has 0 unspecified atom stereocenters. The number of unbranched alkanes of at least 4 members (excludes halogenated alkanes) is 3. The Kier molecular flexibility index (Phi) is 5.36. The van der Waals surface area contributed by atoms with E-state index in [1.807, 2.05) is 24.3 Å². The second kappa shape index (κ2) is 6.85. The predicted molar refractivity (Wildman–Crippen MR) is 67.5 cm³/mol. The third-order valence-electron chi connectivity index (χ3n) is 2.43. The van der Waals surface area contributed by atoms with E-state index in [-0.39, 0.29) is 5.78 Å². The minimum Gasteiger partial charge on any atom is -0.295 e. The number of hydrogen-bond acceptors (Lipinski definition) is 1. The molecular formula is C15H18O. The lowest BCUT2D eigenvalue weighted by molar-refractivity contribution is 0.101. The van der Waals surface area contributed by atoms with E-state index in [4.69, 9.17) is 0 Å². The van der Waals surface area contributed by atoms with Crippen molar-refractivity contribution < 1.29 is 4.79 Å². The van der Waals surface area contributed by atoms with Gasteiger partial charge in [0.25, 0.3) is 0 Å². The molecule has 0 heterocycles. The molecule has 0 aliphatic carbocycles. The molecule has 0 bridgehead atoms. The van der Waals surface area contributed by atoms with Gasteiger partial charge in [0.15, 0.2) is 5.78 Å². The van der Waals surface area contributed by atoms with E-state index in [9.17, 15) is 4.79 Å². The molecule has 0 N–H and O–H groups in total. The summed E-state index contributed by atoms with van der Waals surface area (Å²) in [7, 11) is 0. The van der Waals surface area contributed by atoms with Crippen molar-refractivity contribution in [2.45, 2.75) is 39.5 Å². The van der Waals surface area contributed by atoms with E-state index in [1.165, 1.54) is 19.3 Å². The topological polar surface area (TPSA) is 17.1 Å². The van der Waals surface area contributed by atoms with Crippen molar-refractivity contribution >= 4 is 5.78 Å². The molecule has 16 heavy (non-hydrogen) atoms. The van der Waals surface area contributed by atoms with Crippen LogP contribution >= 0.6 is 0 Å². The van der Waals surface area contributed by atoms with Gasteiger partial charge in [0.2, 0.25) is 0 Å². The first-order valence-electron chi connectivity index (χ1n) is 5.84. The fourth-order valence-corrected chi connectivity index (χ4v) is 1.42. The maximum absolute atomic E-state index is 11.1. The van der Waals surface area contributed by atoms with Crippen molar-refractivity contribution in [3.63, 3.8) is 0 Å². The summed E-state index contributed by atoms with van der Waals surface area (Å²) in [6.07, 6.45) is 4.62. The highest BCUT2D eigenvalue weighted by Crippen LogP contribution is 2.04. The summed E-state index contributed by atoms with van der Waals surface area (Å²) in [5.74, 6) is 6.36. The molecule has 0 aliphatic heterocycles. The monoisotopic (exact) mass is 214 g/mol. The van der Waals surface area contributed by atoms with Crippen molar-refractivity contribution in [2.24, 2.45) is 0 Å². The molecule has 0 aliphatic rings. The summed E-state index contributed by atoms with van der Waals surface area (Å²) in [6, 6.07) is 7.48. The zero-order valence-corrected chi connectivity index (χ0v) is 10.0. The number of rotatable bonds is 4. The molecule has 1 aromatic rings. The highest BCUT2D eigenvalue weighted by molar-refractivity contribution is 5.94. The summed E-state index contributed by atoms with van der Waals surface area (Å²) in [5, 5.41) is 0. The van der Waals surface area contributed by atoms with Gasteiger partial charge in [0.1, 0.15) is 0 Å². The molecule has 0 saturated heterocycles. The Hall–Kier alpha value is -1.55. The minimum atomic E-state index is 0.0995. The van der Waals surface area contributed by atoms with Gasteiger partial charge in [-0.25, -0.2) is 0 Å². The van der Waals surface area contributed by atoms with Crippen LogP contribution in [0.5, 0.6) is 0 Å². The molecule has 0 fully saturated rings. The average Bonchev–Trinajstić information content (AvgIpc) is 2.29. The van der Waals surface area contributed by atoms with Crippen LogP contribution in [0.3, 0.4) is 0 Å². The van der Waals surface area contributed by atoms with Gasteiger partial charge in [-0.15, -0.1) is 0 Å². The number of ketones is 1. The predicted octanol–water partition coefficient (Wildman–Crippen LogP) is 3.82. The first kappa shape index (κ1) is 12.5. The van der Waals surface area contributed by atoms with Gasteiger partial charge in [-0.2, -0.15) is 0 Å². The Labute approximate surface area is 97.9 Å². The summed E-state index contributed by atoms with van der Waals surface area (Å²) < 4.78 is 0. The zero-order valence-electron chi connectivity index (χ0n) is 10.0. The van der Waals surface area contributed by atoms with E-state index < -0.39 is 0 Å². The molecule has 0 amide bonds. The van der Waals surface area contributed by atoms with Crippen LogP contribution in [0.4, 0.5) is 0 Å². The second-order valence-corrected chi connectivity index (χ2v) is 3.89. The lowest BCUT2D eigenvalue weighted by Crippen LogP contribution is -1.90. The van der Waals surface area contributed by atoms with Gasteiger partial charge in [0, 0.05) is 17.5 Å². The molecule has 0 aromatic heterocycles. The summed E-state index contributed by atoms with van der Waals surface area (Å²) in [4.78, 5) is 11.1. The normalized spacial score (nSPS) is 9.38. The summed E-state index contributed by atoms with van der Waals surface area (Å²) in [5.41, 5.74) is 1.73. The molecule has 1 rings (SSSR count). The molecule has 1 aromatic carbocycles. The fraction of sp³-hybridized carbons (Fsp3) is 0.400. The molecule has 0 radical (unpaired) electrons. The number of carbonyl (C=O) groups is 1. The Bertz CT molecular complexity index is 390. The van der Waals surface area contributed by atoms with E-state index in [0.717, 1.165) is 17.5 Å². The lowest BCUT2D eigenvalue weighted by atomic mass is 10.1. The minimum absolute atomic E-state index is 0.0995. The quantitative estimate of drug-likeness (QED) is 0.423. The standard InChI is InChI=1S/C15H18O/c1-3-4-5-6-7-8-14-9-11-15(12-10-14)13(2)16/h9-12H,3-6H2,1-2H3. The van der Waals surface area contributed by atoms with Gasteiger partial charge in [-0.3, -0.25) is 4.79 Å². The SMILES string of the molecule is CCCCCC#Cc1ccc(C(C)=O)cc1. The molecule has 0 atom stereocenters. The van der Waals surface area contributed by atoms with Crippen LogP contribution in [-0.2, 0) is 0 Å². The van der Waals surface area contributed by atoms with Crippen LogP contribution < -0.4 is 0 Å². The number of benzene rings is 1. The van der Waals surface area contributed by atoms with Crippen LogP contribution in [-0.4, -0.2) is 5.78 Å². The van der Waals surface area contributed by atoms with E-state index in [1.54, 1.807) is 6.92 Å². The van der Waals surface area contributed by atoms with Crippen LogP contribution in [0.2, 0.25) is 0 Å². The van der Waals surface area contributed by atoms with Gasteiger partial charge < -0.3 is 0 Å². The molecule has 84 valence electrons. The van der Waals surface area contributed by atoms with Gasteiger partial charge in [-0.1, -0.05) is 43.7 Å². The fourth-order valence-electron chi connectivity index (χ4n) is 1.42. The number of hydrogen-bond donors (Lipinski definition) is 0. The molecule has 1 nitrogen and oxygen atoms in total. The maximum Gasteiger partial charge on any atom is 0.159 e. The van der Waals surface area contributed by atoms with Crippen LogP contribution in [0.25, 0.3) is 0 Å². The Morgan fingerprint density at radius 1 is 1.19 bits per heavy atom. The third kappa shape index (κ3) is 4.31. The van der Waals surface area contributed by atoms with Crippen molar-refractivity contribution in [2.75, 3.05) is 0 Å². The largest absolute Gasteiger partial charge is 0.295 e. The first-order valence-corrected chi connectivity index (χ1v) is 5.84. The zero-order chi connectivity index (χ0) is 11.8. The molecular weight excluding hydrogens is 196 g/mol. The Morgan fingerprint density at radius 2 is 1.88 bits per heavy atom. The second-order valence-electron chi connectivity index (χ2n) is 3.89.